The molecule has 8 rings (SSSR count). The standard InChI is InChI=1S/C32H33N2O.C23H24N.Ir/c1-21-10-15-26-25-8-7-9-27(29(25)35-30(26)34-21)28-18-24(16-17-33-28)32(5,6)20-23-13-11-22(12-14-23)19-31(2,3)4;1-17-5-9-20(10-6-17)22-15-21(13-14-24-22)19-11-7-18(8-12-19)16-23(2,3)4;/h7-8,10-18H,19-20H2,1-6H3;5-9,11-15H,16H2,1-4H3;/q2*-1;/i1D3,19D2,20D2;1D3,16D2;. The van der Waals surface area contributed by atoms with Crippen LogP contribution >= 0.6 is 0 Å². The molecule has 4 heterocycles. The van der Waals surface area contributed by atoms with Crippen molar-refractivity contribution in [3.05, 3.63) is 173 Å². The van der Waals surface area contributed by atoms with Crippen molar-refractivity contribution in [2.24, 2.45) is 10.8 Å². The molecule has 0 spiro atoms. The number of aryl methyl sites for hydroxylation is 2. The van der Waals surface area contributed by atoms with Crippen LogP contribution in [-0.2, 0) is 44.6 Å². The van der Waals surface area contributed by atoms with Gasteiger partial charge in [0.1, 0.15) is 0 Å². The molecule has 8 aromatic rings. The summed E-state index contributed by atoms with van der Waals surface area (Å²) in [7, 11) is 0. The van der Waals surface area contributed by atoms with Crippen LogP contribution in [0.3, 0.4) is 0 Å². The molecule has 4 aromatic carbocycles. The van der Waals surface area contributed by atoms with Gasteiger partial charge < -0.3 is 14.4 Å². The molecule has 60 heavy (non-hydrogen) atoms. The summed E-state index contributed by atoms with van der Waals surface area (Å²) in [6.45, 7) is 10.4. The second-order valence-corrected chi connectivity index (χ2v) is 17.3. The first kappa shape index (κ1) is 30.8. The van der Waals surface area contributed by atoms with Gasteiger partial charge in [-0.25, -0.2) is 4.98 Å². The van der Waals surface area contributed by atoms with Crippen molar-refractivity contribution in [1.82, 2.24) is 15.0 Å². The largest absolute Gasteiger partial charge is 0.486 e. The van der Waals surface area contributed by atoms with Gasteiger partial charge in [-0.05, 0) is 111 Å². The Morgan fingerprint density at radius 2 is 1.27 bits per heavy atom. The monoisotopic (exact) mass is 980 g/mol. The average molecular weight is 980 g/mol. The summed E-state index contributed by atoms with van der Waals surface area (Å²) in [5.74, 6) is 0. The maximum Gasteiger partial charge on any atom is 0.216 e. The molecule has 0 saturated heterocycles. The number of hydrogen-bond donors (Lipinski definition) is 0. The number of fused-ring (bicyclic) bond motifs is 3. The van der Waals surface area contributed by atoms with Crippen molar-refractivity contribution in [2.75, 3.05) is 0 Å². The Kier molecular flexibility index (Phi) is 9.32. The number of pyridine rings is 3. The summed E-state index contributed by atoms with van der Waals surface area (Å²) < 4.78 is 104. The fourth-order valence-corrected chi connectivity index (χ4v) is 6.79. The van der Waals surface area contributed by atoms with Crippen molar-refractivity contribution in [1.29, 1.82) is 0 Å². The van der Waals surface area contributed by atoms with Crippen molar-refractivity contribution >= 4 is 22.1 Å². The Morgan fingerprint density at radius 1 is 0.617 bits per heavy atom. The van der Waals surface area contributed by atoms with E-state index in [0.717, 1.165) is 22.1 Å². The minimum absolute atomic E-state index is 0. The number of hydrogen-bond acceptors (Lipinski definition) is 4. The number of aromatic nitrogens is 3. The van der Waals surface area contributed by atoms with Gasteiger partial charge in [0.05, 0.1) is 5.58 Å². The van der Waals surface area contributed by atoms with Crippen LogP contribution in [0.25, 0.3) is 55.7 Å². The molecule has 1 radical (unpaired) electrons. The van der Waals surface area contributed by atoms with Crippen LogP contribution in [0.4, 0.5) is 0 Å². The SMILES string of the molecule is [2H]C([2H])([2H])c1c[c-]c(-c2cc(-c3ccc(C([2H])([2H])C(C)(C)C)cc3)ccn2)cc1.[2H]C([2H])([2H])c1ccc2c(n1)oc1c(-c3cc(C(C)(C)C([2H])([2H])c4ccc(C([2H])([2H])C(C)(C)C)cc4)ccn3)[c-]ccc12.[Ir]. The molecule has 0 atom stereocenters. The van der Waals surface area contributed by atoms with Crippen molar-refractivity contribution in [2.45, 2.75) is 93.6 Å². The quantitative estimate of drug-likeness (QED) is 0.142. The van der Waals surface area contributed by atoms with Crippen LogP contribution in [0.15, 0.2) is 132 Å². The van der Waals surface area contributed by atoms with Crippen LogP contribution in [0, 0.1) is 36.7 Å². The molecule has 0 unspecified atom stereocenters. The molecule has 0 amide bonds. The first-order valence-corrected chi connectivity index (χ1v) is 19.7. The Hall–Kier alpha value is -5.22. The molecule has 0 bridgehead atoms. The second kappa shape index (κ2) is 18.2. The molecule has 0 fully saturated rings. The molecule has 0 aliphatic heterocycles. The van der Waals surface area contributed by atoms with E-state index < -0.39 is 49.1 Å². The molecule has 309 valence electrons. The van der Waals surface area contributed by atoms with Gasteiger partial charge in [0.25, 0.3) is 0 Å². The first-order chi connectivity index (χ1) is 32.7. The zero-order valence-corrected chi connectivity index (χ0v) is 37.6. The molecule has 5 heteroatoms. The van der Waals surface area contributed by atoms with E-state index in [9.17, 15) is 2.74 Å². The van der Waals surface area contributed by atoms with Crippen molar-refractivity contribution < 1.29 is 41.0 Å². The van der Waals surface area contributed by atoms with Gasteiger partial charge in [-0.15, -0.1) is 53.6 Å². The van der Waals surface area contributed by atoms with Gasteiger partial charge in [-0.1, -0.05) is 134 Å². The topological polar surface area (TPSA) is 51.8 Å². The van der Waals surface area contributed by atoms with E-state index in [1.54, 1.807) is 67.0 Å². The zero-order chi connectivity index (χ0) is 52.3. The smallest absolute Gasteiger partial charge is 0.216 e. The van der Waals surface area contributed by atoms with E-state index in [-0.39, 0.29) is 37.1 Å². The predicted molar refractivity (Wildman–Crippen MR) is 246 cm³/mol. The molecular formula is C55H57IrN3O-2. The summed E-state index contributed by atoms with van der Waals surface area (Å²) in [6.07, 6.45) is -1.49. The van der Waals surface area contributed by atoms with Crippen LogP contribution in [0.2, 0.25) is 0 Å². The normalized spacial score (nSPS) is 16.0. The second-order valence-electron chi connectivity index (χ2n) is 17.3. The third kappa shape index (κ3) is 11.1. The van der Waals surface area contributed by atoms with E-state index in [1.807, 2.05) is 104 Å². The Balaban J connectivity index is 0.000000248. The summed E-state index contributed by atoms with van der Waals surface area (Å²) in [4.78, 5) is 13.2. The summed E-state index contributed by atoms with van der Waals surface area (Å²) in [5.41, 5.74) is 5.49. The van der Waals surface area contributed by atoms with E-state index in [4.69, 9.17) is 18.1 Å². The van der Waals surface area contributed by atoms with E-state index in [0.29, 0.717) is 50.2 Å². The average Bonchev–Trinajstić information content (AvgIpc) is 3.69. The molecule has 0 aliphatic rings. The van der Waals surface area contributed by atoms with Gasteiger partial charge >= 0.3 is 0 Å². The third-order valence-electron chi connectivity index (χ3n) is 9.48. The van der Waals surface area contributed by atoms with Crippen LogP contribution in [-0.4, -0.2) is 15.0 Å². The number of rotatable bonds is 8. The molecule has 4 nitrogen and oxygen atoms in total. The minimum Gasteiger partial charge on any atom is -0.486 e. The number of benzene rings is 4. The Labute approximate surface area is 388 Å². The molecular weight excluding hydrogens is 911 g/mol. The van der Waals surface area contributed by atoms with Gasteiger partial charge in [0.2, 0.25) is 5.71 Å². The molecule has 0 aliphatic carbocycles. The van der Waals surface area contributed by atoms with Crippen molar-refractivity contribution in [3.8, 4) is 33.6 Å². The van der Waals surface area contributed by atoms with Crippen LogP contribution in [0.1, 0.15) is 105 Å². The van der Waals surface area contributed by atoms with Gasteiger partial charge in [0, 0.05) is 60.0 Å². The minimum atomic E-state index is -2.36. The maximum absolute atomic E-state index is 9.18. The number of furan rings is 1. The third-order valence-corrected chi connectivity index (χ3v) is 9.48. The van der Waals surface area contributed by atoms with Crippen LogP contribution in [0.5, 0.6) is 0 Å². The first-order valence-electron chi connectivity index (χ1n) is 25.7. The molecule has 0 N–H and O–H groups in total. The van der Waals surface area contributed by atoms with Gasteiger partial charge in [-0.3, -0.25) is 0 Å². The summed E-state index contributed by atoms with van der Waals surface area (Å²) >= 11 is 0. The zero-order valence-electron chi connectivity index (χ0n) is 47.2. The van der Waals surface area contributed by atoms with Gasteiger partial charge in [0.15, 0.2) is 0 Å². The maximum atomic E-state index is 9.18. The Bertz CT molecular complexity index is 3180. The van der Waals surface area contributed by atoms with Crippen molar-refractivity contribution in [3.63, 3.8) is 0 Å². The molecule has 4 aromatic heterocycles. The van der Waals surface area contributed by atoms with E-state index >= 15 is 0 Å². The van der Waals surface area contributed by atoms with Gasteiger partial charge in [-0.2, -0.15) is 0 Å². The molecule has 0 saturated carbocycles. The fraction of sp³-hybridized carbons (Fsp3) is 0.291. The predicted octanol–water partition coefficient (Wildman–Crippen LogP) is 14.4. The van der Waals surface area contributed by atoms with E-state index in [2.05, 4.69) is 27.1 Å². The number of nitrogens with zero attached hydrogens (tertiary/aromatic N) is 3. The van der Waals surface area contributed by atoms with E-state index in [1.165, 1.54) is 12.1 Å². The fourth-order valence-electron chi connectivity index (χ4n) is 6.79. The summed E-state index contributed by atoms with van der Waals surface area (Å²) in [5, 5.41) is 1.43. The summed E-state index contributed by atoms with van der Waals surface area (Å²) in [6, 6.07) is 39.4. The Morgan fingerprint density at radius 3 is 1.90 bits per heavy atom. The van der Waals surface area contributed by atoms with Crippen LogP contribution < -0.4 is 0 Å².